The van der Waals surface area contributed by atoms with E-state index in [-0.39, 0.29) is 17.0 Å². The van der Waals surface area contributed by atoms with Gasteiger partial charge in [-0.25, -0.2) is 4.39 Å². The van der Waals surface area contributed by atoms with Gasteiger partial charge in [-0.1, -0.05) is 36.4 Å². The van der Waals surface area contributed by atoms with Gasteiger partial charge in [0.2, 0.25) is 5.91 Å². The molecule has 0 unspecified atom stereocenters. The first kappa shape index (κ1) is 17.2. The molecule has 1 fully saturated rings. The normalized spacial score (nSPS) is 18.0. The third-order valence-corrected chi connectivity index (χ3v) is 6.27. The number of aromatic nitrogens is 1. The van der Waals surface area contributed by atoms with Gasteiger partial charge >= 0.3 is 0 Å². The number of hydrogen-bond donors (Lipinski definition) is 1. The number of halogens is 1. The van der Waals surface area contributed by atoms with Crippen LogP contribution >= 0.6 is 11.8 Å². The van der Waals surface area contributed by atoms with Crippen molar-refractivity contribution in [2.45, 2.75) is 18.1 Å². The second kappa shape index (κ2) is 7.54. The van der Waals surface area contributed by atoms with E-state index < -0.39 is 0 Å². The Balaban J connectivity index is 1.44. The highest BCUT2D eigenvalue weighted by atomic mass is 32.2. The third kappa shape index (κ3) is 3.49. The zero-order valence-corrected chi connectivity index (χ0v) is 15.3. The van der Waals surface area contributed by atoms with Crippen molar-refractivity contribution in [3.8, 4) is 0 Å². The van der Waals surface area contributed by atoms with Crippen LogP contribution in [0.5, 0.6) is 0 Å². The summed E-state index contributed by atoms with van der Waals surface area (Å²) < 4.78 is 14.1. The van der Waals surface area contributed by atoms with Crippen molar-refractivity contribution >= 4 is 28.6 Å². The van der Waals surface area contributed by atoms with Crippen LogP contribution in [0.3, 0.4) is 0 Å². The number of nitrogens with one attached hydrogen (secondary N) is 1. The number of H-pyrrole nitrogens is 1. The highest BCUT2D eigenvalue weighted by Gasteiger charge is 2.24. The van der Waals surface area contributed by atoms with E-state index in [1.165, 1.54) is 6.07 Å². The average molecular weight is 368 g/mol. The summed E-state index contributed by atoms with van der Waals surface area (Å²) in [5.74, 6) is 0.826. The van der Waals surface area contributed by atoms with Crippen LogP contribution in [0.15, 0.2) is 54.7 Å². The Morgan fingerprint density at radius 3 is 2.85 bits per heavy atom. The monoisotopic (exact) mass is 368 g/mol. The number of rotatable bonds is 3. The van der Waals surface area contributed by atoms with Gasteiger partial charge in [-0.15, -0.1) is 0 Å². The highest BCUT2D eigenvalue weighted by molar-refractivity contribution is 7.99. The van der Waals surface area contributed by atoms with Crippen LogP contribution in [0.4, 0.5) is 4.39 Å². The first-order chi connectivity index (χ1) is 12.7. The van der Waals surface area contributed by atoms with Gasteiger partial charge in [0.1, 0.15) is 5.82 Å². The summed E-state index contributed by atoms with van der Waals surface area (Å²) in [6.45, 7) is 1.39. The van der Waals surface area contributed by atoms with Crippen molar-refractivity contribution in [3.63, 3.8) is 0 Å². The van der Waals surface area contributed by atoms with Crippen LogP contribution in [0, 0.1) is 5.82 Å². The smallest absolute Gasteiger partial charge is 0.227 e. The summed E-state index contributed by atoms with van der Waals surface area (Å²) in [6.07, 6.45) is 3.11. The number of aromatic amines is 1. The Morgan fingerprint density at radius 1 is 1.15 bits per heavy atom. The maximum absolute atomic E-state index is 14.1. The van der Waals surface area contributed by atoms with Crippen molar-refractivity contribution in [1.29, 1.82) is 0 Å². The fraction of sp³-hybridized carbons (Fsp3) is 0.286. The molecule has 3 aromatic rings. The van der Waals surface area contributed by atoms with Gasteiger partial charge in [-0.3, -0.25) is 4.79 Å². The lowest BCUT2D eigenvalue weighted by atomic mass is 10.1. The minimum atomic E-state index is -0.149. The van der Waals surface area contributed by atoms with Crippen molar-refractivity contribution in [2.75, 3.05) is 18.8 Å². The predicted octanol–water partition coefficient (Wildman–Crippen LogP) is 4.56. The Labute approximate surface area is 156 Å². The number of thioether (sulfide) groups is 1. The number of carbonyl (C=O) groups excluding carboxylic acids is 1. The third-order valence-electron chi connectivity index (χ3n) is 4.96. The lowest BCUT2D eigenvalue weighted by molar-refractivity contribution is -0.130. The Kier molecular flexibility index (Phi) is 4.98. The summed E-state index contributed by atoms with van der Waals surface area (Å²) >= 11 is 1.74. The summed E-state index contributed by atoms with van der Waals surface area (Å²) in [4.78, 5) is 18.0. The molecule has 134 valence electrons. The number of benzene rings is 2. The first-order valence-corrected chi connectivity index (χ1v) is 9.96. The molecule has 0 aliphatic carbocycles. The molecule has 2 aromatic carbocycles. The van der Waals surface area contributed by atoms with E-state index in [0.717, 1.165) is 40.7 Å². The van der Waals surface area contributed by atoms with Gasteiger partial charge in [-0.05, 0) is 24.1 Å². The van der Waals surface area contributed by atoms with Crippen LogP contribution in [0.2, 0.25) is 0 Å². The lowest BCUT2D eigenvalue weighted by Crippen LogP contribution is -2.34. The minimum absolute atomic E-state index is 0.113. The van der Waals surface area contributed by atoms with Gasteiger partial charge in [0.05, 0.1) is 6.42 Å². The zero-order valence-electron chi connectivity index (χ0n) is 14.5. The van der Waals surface area contributed by atoms with E-state index in [2.05, 4.69) is 4.98 Å². The number of para-hydroxylation sites is 1. The molecule has 2 heterocycles. The summed E-state index contributed by atoms with van der Waals surface area (Å²) in [7, 11) is 0. The molecule has 0 saturated carbocycles. The lowest BCUT2D eigenvalue weighted by Gasteiger charge is -2.20. The van der Waals surface area contributed by atoms with E-state index >= 15 is 0 Å². The van der Waals surface area contributed by atoms with Gasteiger partial charge in [0.25, 0.3) is 0 Å². The molecule has 0 spiro atoms. The number of nitrogens with zero attached hydrogens (tertiary/aromatic N) is 1. The topological polar surface area (TPSA) is 36.1 Å². The molecule has 3 nitrogen and oxygen atoms in total. The molecule has 26 heavy (non-hydrogen) atoms. The molecular weight excluding hydrogens is 347 g/mol. The van der Waals surface area contributed by atoms with Crippen LogP contribution in [0.1, 0.15) is 22.8 Å². The molecule has 1 amide bonds. The minimum Gasteiger partial charge on any atom is -0.361 e. The standard InChI is InChI=1S/C21H21FN2OS/c22-18-7-3-1-6-17(18)20-9-10-24(11-12-26-20)21(25)13-15-14-23-19-8-4-2-5-16(15)19/h1-8,14,20,23H,9-13H2/t20-/m1/s1. The SMILES string of the molecule is O=C(Cc1c[nH]c2ccccc12)N1CCS[C@@H](c2ccccc2F)CC1. The average Bonchev–Trinajstić information content (AvgIpc) is 2.90. The molecule has 5 heteroatoms. The van der Waals surface area contributed by atoms with Crippen LogP contribution in [0.25, 0.3) is 10.9 Å². The Morgan fingerprint density at radius 2 is 1.96 bits per heavy atom. The number of carbonyl (C=O) groups is 1. The molecule has 1 atom stereocenters. The van der Waals surface area contributed by atoms with E-state index in [1.807, 2.05) is 47.5 Å². The Hall–Kier alpha value is -2.27. The van der Waals surface area contributed by atoms with E-state index in [1.54, 1.807) is 17.8 Å². The van der Waals surface area contributed by atoms with Gasteiger partial charge in [-0.2, -0.15) is 11.8 Å². The van der Waals surface area contributed by atoms with Crippen LogP contribution in [-0.4, -0.2) is 34.6 Å². The molecule has 1 N–H and O–H groups in total. The molecule has 1 aliphatic heterocycles. The van der Waals surface area contributed by atoms with Crippen LogP contribution in [-0.2, 0) is 11.2 Å². The van der Waals surface area contributed by atoms with E-state index in [0.29, 0.717) is 13.0 Å². The molecular formula is C21H21FN2OS. The molecule has 1 aromatic heterocycles. The molecule has 1 saturated heterocycles. The molecule has 0 radical (unpaired) electrons. The largest absolute Gasteiger partial charge is 0.361 e. The van der Waals surface area contributed by atoms with Gasteiger partial charge in [0.15, 0.2) is 0 Å². The second-order valence-electron chi connectivity index (χ2n) is 6.59. The number of amides is 1. The summed E-state index contributed by atoms with van der Waals surface area (Å²) in [5, 5.41) is 1.22. The van der Waals surface area contributed by atoms with Gasteiger partial charge in [0, 0.05) is 46.8 Å². The zero-order chi connectivity index (χ0) is 17.9. The van der Waals surface area contributed by atoms with Crippen LogP contribution < -0.4 is 0 Å². The Bertz CT molecular complexity index is 923. The fourth-order valence-electron chi connectivity index (χ4n) is 3.56. The summed E-state index contributed by atoms with van der Waals surface area (Å²) in [6, 6.07) is 15.0. The maximum Gasteiger partial charge on any atom is 0.227 e. The molecule has 4 rings (SSSR count). The van der Waals surface area contributed by atoms with E-state index in [9.17, 15) is 9.18 Å². The van der Waals surface area contributed by atoms with E-state index in [4.69, 9.17) is 0 Å². The summed E-state index contributed by atoms with van der Waals surface area (Å²) in [5.41, 5.74) is 2.85. The molecule has 0 bridgehead atoms. The highest BCUT2D eigenvalue weighted by Crippen LogP contribution is 2.35. The fourth-order valence-corrected chi connectivity index (χ4v) is 4.81. The van der Waals surface area contributed by atoms with Crippen molar-refractivity contribution in [3.05, 3.63) is 71.7 Å². The van der Waals surface area contributed by atoms with Crippen molar-refractivity contribution in [1.82, 2.24) is 9.88 Å². The second-order valence-corrected chi connectivity index (χ2v) is 7.90. The number of hydrogen-bond acceptors (Lipinski definition) is 2. The van der Waals surface area contributed by atoms with Crippen molar-refractivity contribution < 1.29 is 9.18 Å². The number of fused-ring (bicyclic) bond motifs is 1. The quantitative estimate of drug-likeness (QED) is 0.736. The molecule has 1 aliphatic rings. The predicted molar refractivity (Wildman–Crippen MR) is 105 cm³/mol. The van der Waals surface area contributed by atoms with Gasteiger partial charge < -0.3 is 9.88 Å². The van der Waals surface area contributed by atoms with Crippen molar-refractivity contribution in [2.24, 2.45) is 0 Å². The first-order valence-electron chi connectivity index (χ1n) is 8.91. The maximum atomic E-state index is 14.1.